The Morgan fingerprint density at radius 2 is 1.60 bits per heavy atom. The first-order valence-electron chi connectivity index (χ1n) is 7.27. The molecule has 0 saturated carbocycles. The summed E-state index contributed by atoms with van der Waals surface area (Å²) in [5.41, 5.74) is 0. The van der Waals surface area contributed by atoms with E-state index >= 15 is 0 Å². The van der Waals surface area contributed by atoms with Crippen LogP contribution < -0.4 is 4.74 Å². The Bertz CT molecular complexity index is 622. The molecule has 0 fully saturated rings. The van der Waals surface area contributed by atoms with E-state index in [9.17, 15) is 14.2 Å². The number of benzene rings is 1. The van der Waals surface area contributed by atoms with E-state index in [4.69, 9.17) is 35.9 Å². The molecule has 0 bridgehead atoms. The number of nitrogens with zero attached hydrogens (tertiary/aromatic N) is 1. The summed E-state index contributed by atoms with van der Waals surface area (Å²) < 4.78 is 28.0. The summed E-state index contributed by atoms with van der Waals surface area (Å²) in [6, 6.07) is 6.81. The standard InChI is InChI=1S/C13H22ClNO8P2/c1-15(8-2-10-23-12-5-3-11(14)4-6-12)9-7-13(16,24(17,18)19)25(20,21)22/h3-6,16H,2,7-10H2,1H3,(H2,17,18,19)(H2,20,21,22). The molecule has 1 rings (SSSR count). The van der Waals surface area contributed by atoms with Gasteiger partial charge in [0, 0.05) is 24.5 Å². The molecule has 1 aromatic rings. The lowest BCUT2D eigenvalue weighted by Crippen LogP contribution is -2.34. The summed E-state index contributed by atoms with van der Waals surface area (Å²) >= 11 is 5.76. The SMILES string of the molecule is CN(CCCOc1ccc(Cl)cc1)CCC(O)(P(=O)(O)O)P(=O)(O)O. The maximum absolute atomic E-state index is 11.3. The van der Waals surface area contributed by atoms with Crippen molar-refractivity contribution in [3.63, 3.8) is 0 Å². The van der Waals surface area contributed by atoms with Crippen LogP contribution in [0.4, 0.5) is 0 Å². The highest BCUT2D eigenvalue weighted by Gasteiger charge is 2.58. The van der Waals surface area contributed by atoms with Gasteiger partial charge in [0.25, 0.3) is 5.08 Å². The molecular formula is C13H22ClNO8P2. The maximum atomic E-state index is 11.3. The van der Waals surface area contributed by atoms with Crippen LogP contribution in [0.3, 0.4) is 0 Å². The Labute approximate surface area is 150 Å². The van der Waals surface area contributed by atoms with Crippen LogP contribution in [-0.2, 0) is 9.13 Å². The van der Waals surface area contributed by atoms with Crippen LogP contribution in [-0.4, -0.2) is 61.4 Å². The molecule has 12 heteroatoms. The Morgan fingerprint density at radius 3 is 2.08 bits per heavy atom. The predicted molar refractivity (Wildman–Crippen MR) is 92.7 cm³/mol. The first-order valence-corrected chi connectivity index (χ1v) is 10.9. The highest BCUT2D eigenvalue weighted by molar-refractivity contribution is 7.72. The van der Waals surface area contributed by atoms with E-state index in [-0.39, 0.29) is 6.54 Å². The van der Waals surface area contributed by atoms with Crippen molar-refractivity contribution in [2.24, 2.45) is 0 Å². The van der Waals surface area contributed by atoms with Gasteiger partial charge in [-0.05, 0) is 37.7 Å². The van der Waals surface area contributed by atoms with E-state index in [0.29, 0.717) is 30.3 Å². The van der Waals surface area contributed by atoms with Crippen molar-refractivity contribution in [3.8, 4) is 5.75 Å². The maximum Gasteiger partial charge on any atom is 0.369 e. The molecular weight excluding hydrogens is 396 g/mol. The molecule has 0 unspecified atom stereocenters. The Morgan fingerprint density at radius 1 is 1.08 bits per heavy atom. The fraction of sp³-hybridized carbons (Fsp3) is 0.538. The lowest BCUT2D eigenvalue weighted by molar-refractivity contribution is 0.111. The third-order valence-electron chi connectivity index (χ3n) is 3.53. The second kappa shape index (κ2) is 8.95. The molecule has 0 saturated heterocycles. The fourth-order valence-corrected chi connectivity index (χ4v) is 4.24. The van der Waals surface area contributed by atoms with Gasteiger partial charge >= 0.3 is 15.2 Å². The quantitative estimate of drug-likeness (QED) is 0.281. The third-order valence-corrected chi connectivity index (χ3v) is 7.66. The summed E-state index contributed by atoms with van der Waals surface area (Å²) in [5.74, 6) is 0.643. The molecule has 0 radical (unpaired) electrons. The molecule has 25 heavy (non-hydrogen) atoms. The van der Waals surface area contributed by atoms with E-state index in [2.05, 4.69) is 0 Å². The largest absolute Gasteiger partial charge is 0.494 e. The second-order valence-corrected chi connectivity index (χ2v) is 10.0. The predicted octanol–water partition coefficient (Wildman–Crippen LogP) is 1.43. The minimum absolute atomic E-state index is 0.117. The first kappa shape index (κ1) is 22.6. The molecule has 0 heterocycles. The van der Waals surface area contributed by atoms with Crippen molar-refractivity contribution in [2.45, 2.75) is 17.9 Å². The van der Waals surface area contributed by atoms with Crippen molar-refractivity contribution in [1.29, 1.82) is 0 Å². The van der Waals surface area contributed by atoms with Gasteiger partial charge in [0.05, 0.1) is 6.61 Å². The van der Waals surface area contributed by atoms with Gasteiger partial charge in [-0.2, -0.15) is 0 Å². The number of hydrogen-bond donors (Lipinski definition) is 5. The van der Waals surface area contributed by atoms with Gasteiger partial charge in [0.1, 0.15) is 5.75 Å². The van der Waals surface area contributed by atoms with Gasteiger partial charge in [-0.15, -0.1) is 0 Å². The zero-order valence-electron chi connectivity index (χ0n) is 13.5. The molecule has 0 aromatic heterocycles. The normalized spacial score (nSPS) is 13.3. The van der Waals surface area contributed by atoms with Crippen molar-refractivity contribution in [1.82, 2.24) is 4.90 Å². The summed E-state index contributed by atoms with van der Waals surface area (Å²) in [5, 5.41) is 7.00. The molecule has 5 N–H and O–H groups in total. The minimum Gasteiger partial charge on any atom is -0.494 e. The van der Waals surface area contributed by atoms with E-state index in [1.807, 2.05) is 0 Å². The number of rotatable bonds is 10. The van der Waals surface area contributed by atoms with Gasteiger partial charge in [0.2, 0.25) is 0 Å². The van der Waals surface area contributed by atoms with E-state index in [1.54, 1.807) is 36.2 Å². The van der Waals surface area contributed by atoms with Crippen molar-refractivity contribution in [2.75, 3.05) is 26.7 Å². The average Bonchev–Trinajstić information content (AvgIpc) is 2.48. The first-order chi connectivity index (χ1) is 11.4. The number of hydrogen-bond acceptors (Lipinski definition) is 5. The number of ether oxygens (including phenoxy) is 1. The van der Waals surface area contributed by atoms with E-state index in [0.717, 1.165) is 0 Å². The number of aliphatic hydroxyl groups is 1. The molecule has 0 aliphatic heterocycles. The lowest BCUT2D eigenvalue weighted by Gasteiger charge is -2.30. The molecule has 1 aromatic carbocycles. The van der Waals surface area contributed by atoms with Crippen molar-refractivity contribution in [3.05, 3.63) is 29.3 Å². The van der Waals surface area contributed by atoms with Crippen molar-refractivity contribution >= 4 is 26.8 Å². The Hall–Kier alpha value is -0.470. The van der Waals surface area contributed by atoms with Gasteiger partial charge in [0.15, 0.2) is 0 Å². The lowest BCUT2D eigenvalue weighted by atomic mass is 10.3. The van der Waals surface area contributed by atoms with Crippen LogP contribution in [0.2, 0.25) is 5.02 Å². The Kier molecular flexibility index (Phi) is 8.08. The molecule has 0 amide bonds. The zero-order chi connectivity index (χ0) is 19.3. The molecule has 0 atom stereocenters. The van der Waals surface area contributed by atoms with Gasteiger partial charge in [-0.25, -0.2) is 0 Å². The summed E-state index contributed by atoms with van der Waals surface area (Å²) in [4.78, 5) is 37.8. The van der Waals surface area contributed by atoms with Gasteiger partial charge < -0.3 is 34.3 Å². The summed E-state index contributed by atoms with van der Waals surface area (Å²) in [6.07, 6.45) is -0.209. The topological polar surface area (TPSA) is 148 Å². The van der Waals surface area contributed by atoms with Crippen LogP contribution >= 0.6 is 26.8 Å². The van der Waals surface area contributed by atoms with Crippen LogP contribution in [0.25, 0.3) is 0 Å². The third kappa shape index (κ3) is 6.64. The monoisotopic (exact) mass is 417 g/mol. The molecule has 0 spiro atoms. The summed E-state index contributed by atoms with van der Waals surface area (Å²) in [7, 11) is -9.22. The molecule has 144 valence electrons. The van der Waals surface area contributed by atoms with Gasteiger partial charge in [-0.1, -0.05) is 11.6 Å². The average molecular weight is 418 g/mol. The molecule has 0 aliphatic rings. The van der Waals surface area contributed by atoms with Crippen LogP contribution in [0.15, 0.2) is 24.3 Å². The highest BCUT2D eigenvalue weighted by Crippen LogP contribution is 2.68. The minimum atomic E-state index is -5.41. The molecule has 0 aliphatic carbocycles. The highest BCUT2D eigenvalue weighted by atomic mass is 35.5. The smallest absolute Gasteiger partial charge is 0.369 e. The summed E-state index contributed by atoms with van der Waals surface area (Å²) in [6.45, 7) is 0.687. The fourth-order valence-electron chi connectivity index (χ4n) is 1.97. The second-order valence-electron chi connectivity index (χ2n) is 5.57. The zero-order valence-corrected chi connectivity index (χ0v) is 16.1. The van der Waals surface area contributed by atoms with Gasteiger partial charge in [-0.3, -0.25) is 9.13 Å². The van der Waals surface area contributed by atoms with E-state index in [1.165, 1.54) is 0 Å². The van der Waals surface area contributed by atoms with E-state index < -0.39 is 26.7 Å². The number of halogens is 1. The van der Waals surface area contributed by atoms with Crippen LogP contribution in [0.5, 0.6) is 5.75 Å². The molecule has 9 nitrogen and oxygen atoms in total. The van der Waals surface area contributed by atoms with Crippen molar-refractivity contribution < 1.29 is 38.5 Å². The van der Waals surface area contributed by atoms with Crippen LogP contribution in [0.1, 0.15) is 12.8 Å². The van der Waals surface area contributed by atoms with Crippen LogP contribution in [0, 0.1) is 0 Å². The Balaban J connectivity index is 2.43.